The number of carbonyl (C=O) groups excluding carboxylic acids is 1. The van der Waals surface area contributed by atoms with Gasteiger partial charge < -0.3 is 0 Å². The summed E-state index contributed by atoms with van der Waals surface area (Å²) in [6.07, 6.45) is 3.08. The van der Waals surface area contributed by atoms with E-state index < -0.39 is 0 Å². The summed E-state index contributed by atoms with van der Waals surface area (Å²) < 4.78 is 2.96. The van der Waals surface area contributed by atoms with Crippen molar-refractivity contribution in [2.24, 2.45) is 7.05 Å². The van der Waals surface area contributed by atoms with E-state index in [0.29, 0.717) is 5.69 Å². The Morgan fingerprint density at radius 2 is 2.12 bits per heavy atom. The molecule has 2 aromatic heterocycles. The Morgan fingerprint density at radius 1 is 1.29 bits per heavy atom. The Labute approximate surface area is 96.5 Å². The van der Waals surface area contributed by atoms with Crippen LogP contribution in [0.25, 0.3) is 11.0 Å². The maximum atomic E-state index is 12.1. The lowest BCUT2D eigenvalue weighted by atomic mass is 10.3. The molecule has 2 heterocycles. The molecule has 0 spiro atoms. The fraction of sp³-hybridized carbons (Fsp3) is 0.0909. The van der Waals surface area contributed by atoms with Crippen LogP contribution in [0.1, 0.15) is 10.5 Å². The molecule has 0 radical (unpaired) electrons. The average molecular weight is 227 g/mol. The number of rotatable bonds is 1. The molecule has 17 heavy (non-hydrogen) atoms. The quantitative estimate of drug-likeness (QED) is 0.618. The second-order valence-corrected chi connectivity index (χ2v) is 3.69. The van der Waals surface area contributed by atoms with Gasteiger partial charge in [-0.3, -0.25) is 14.0 Å². The molecule has 0 N–H and O–H groups in total. The normalized spacial score (nSPS) is 10.9. The van der Waals surface area contributed by atoms with Gasteiger partial charge in [-0.05, 0) is 12.1 Å². The summed E-state index contributed by atoms with van der Waals surface area (Å²) in [6.45, 7) is 0. The van der Waals surface area contributed by atoms with E-state index in [1.807, 2.05) is 24.3 Å². The number of imidazole rings is 1. The topological polar surface area (TPSA) is 65.6 Å². The Morgan fingerprint density at radius 3 is 2.88 bits per heavy atom. The number of hydrogen-bond acceptors (Lipinski definition) is 4. The van der Waals surface area contributed by atoms with E-state index in [-0.39, 0.29) is 5.91 Å². The van der Waals surface area contributed by atoms with E-state index in [1.165, 1.54) is 15.6 Å². The van der Waals surface area contributed by atoms with Crippen LogP contribution >= 0.6 is 0 Å². The van der Waals surface area contributed by atoms with E-state index in [2.05, 4.69) is 15.3 Å². The number of aromatic nitrogens is 5. The van der Waals surface area contributed by atoms with Crippen LogP contribution in [0.5, 0.6) is 0 Å². The number of carbonyl (C=O) groups is 1. The predicted molar refractivity (Wildman–Crippen MR) is 60.5 cm³/mol. The van der Waals surface area contributed by atoms with E-state index in [1.54, 1.807) is 13.2 Å². The fourth-order valence-corrected chi connectivity index (χ4v) is 1.69. The van der Waals surface area contributed by atoms with Crippen LogP contribution in [0.15, 0.2) is 36.8 Å². The smallest absolute Gasteiger partial charge is 0.266 e. The molecule has 0 saturated heterocycles. The van der Waals surface area contributed by atoms with Crippen LogP contribution in [-0.2, 0) is 7.05 Å². The van der Waals surface area contributed by atoms with E-state index in [4.69, 9.17) is 0 Å². The number of nitrogens with zero attached hydrogens (tertiary/aromatic N) is 5. The molecule has 6 heteroatoms. The third kappa shape index (κ3) is 1.50. The molecule has 0 atom stereocenters. The number of benzene rings is 1. The molecule has 1 aromatic carbocycles. The zero-order valence-electron chi connectivity index (χ0n) is 9.11. The zero-order valence-corrected chi connectivity index (χ0v) is 9.11. The summed E-state index contributed by atoms with van der Waals surface area (Å²) in [7, 11) is 1.72. The lowest BCUT2D eigenvalue weighted by Crippen LogP contribution is -2.11. The summed E-state index contributed by atoms with van der Waals surface area (Å²) in [6, 6.07) is 7.45. The van der Waals surface area contributed by atoms with Crippen molar-refractivity contribution in [3.8, 4) is 0 Å². The van der Waals surface area contributed by atoms with Gasteiger partial charge in [0, 0.05) is 7.05 Å². The van der Waals surface area contributed by atoms with E-state index in [0.717, 1.165) is 11.0 Å². The van der Waals surface area contributed by atoms with Gasteiger partial charge in [-0.15, -0.1) is 5.10 Å². The molecule has 84 valence electrons. The maximum Gasteiger partial charge on any atom is 0.285 e. The molecular formula is C11H9N5O. The molecule has 6 nitrogen and oxygen atoms in total. The first kappa shape index (κ1) is 9.71. The molecule has 0 bridgehead atoms. The number of fused-ring (bicyclic) bond motifs is 1. The first-order valence-corrected chi connectivity index (χ1v) is 5.09. The van der Waals surface area contributed by atoms with Gasteiger partial charge in [-0.1, -0.05) is 17.3 Å². The maximum absolute atomic E-state index is 12.1. The highest BCUT2D eigenvalue weighted by atomic mass is 16.2. The van der Waals surface area contributed by atoms with Crippen molar-refractivity contribution in [3.05, 3.63) is 42.5 Å². The summed E-state index contributed by atoms with van der Waals surface area (Å²) in [5.41, 5.74) is 1.85. The minimum absolute atomic E-state index is 0.230. The van der Waals surface area contributed by atoms with Gasteiger partial charge in [0.15, 0.2) is 5.69 Å². The van der Waals surface area contributed by atoms with E-state index in [9.17, 15) is 4.79 Å². The predicted octanol–water partition coefficient (Wildman–Crippen LogP) is 0.853. The Kier molecular flexibility index (Phi) is 2.01. The zero-order chi connectivity index (χ0) is 11.8. The van der Waals surface area contributed by atoms with Crippen molar-refractivity contribution < 1.29 is 4.79 Å². The molecule has 0 aliphatic heterocycles. The fourth-order valence-electron chi connectivity index (χ4n) is 1.69. The first-order chi connectivity index (χ1) is 8.25. The summed E-state index contributed by atoms with van der Waals surface area (Å²) in [5.74, 6) is -0.230. The third-order valence-electron chi connectivity index (χ3n) is 2.49. The van der Waals surface area contributed by atoms with Gasteiger partial charge in [0.25, 0.3) is 5.91 Å². The van der Waals surface area contributed by atoms with Crippen LogP contribution in [0.4, 0.5) is 0 Å². The van der Waals surface area contributed by atoms with Crippen LogP contribution in [0, 0.1) is 0 Å². The second kappa shape index (κ2) is 3.51. The summed E-state index contributed by atoms with van der Waals surface area (Å²) in [4.78, 5) is 16.3. The summed E-state index contributed by atoms with van der Waals surface area (Å²) >= 11 is 0. The van der Waals surface area contributed by atoms with Gasteiger partial charge in [0.2, 0.25) is 0 Å². The third-order valence-corrected chi connectivity index (χ3v) is 2.49. The second-order valence-electron chi connectivity index (χ2n) is 3.69. The van der Waals surface area contributed by atoms with Gasteiger partial charge in [0.05, 0.1) is 17.2 Å². The monoisotopic (exact) mass is 227 g/mol. The molecular weight excluding hydrogens is 218 g/mol. The van der Waals surface area contributed by atoms with Crippen molar-refractivity contribution in [1.82, 2.24) is 24.5 Å². The van der Waals surface area contributed by atoms with Gasteiger partial charge in [-0.25, -0.2) is 4.98 Å². The molecule has 0 fully saturated rings. The Bertz CT molecular complexity index is 697. The number of para-hydroxylation sites is 2. The number of aryl methyl sites for hydroxylation is 1. The van der Waals surface area contributed by atoms with Crippen LogP contribution in [-0.4, -0.2) is 30.5 Å². The van der Waals surface area contributed by atoms with Crippen molar-refractivity contribution in [2.45, 2.75) is 0 Å². The van der Waals surface area contributed by atoms with Gasteiger partial charge >= 0.3 is 0 Å². The molecule has 3 rings (SSSR count). The van der Waals surface area contributed by atoms with Gasteiger partial charge in [-0.2, -0.15) is 0 Å². The molecule has 0 amide bonds. The standard InChI is InChI=1S/C11H9N5O/c1-15-6-9(13-14-15)11(17)16-7-12-8-4-2-3-5-10(8)16/h2-7H,1H3. The van der Waals surface area contributed by atoms with Crippen molar-refractivity contribution in [1.29, 1.82) is 0 Å². The van der Waals surface area contributed by atoms with Gasteiger partial charge in [0.1, 0.15) is 6.33 Å². The highest BCUT2D eigenvalue weighted by Gasteiger charge is 2.14. The largest absolute Gasteiger partial charge is 0.285 e. The lowest BCUT2D eigenvalue weighted by Gasteiger charge is -1.98. The SMILES string of the molecule is Cn1cc(C(=O)n2cnc3ccccc32)nn1. The Hall–Kier alpha value is -2.50. The molecule has 0 aliphatic carbocycles. The highest BCUT2D eigenvalue weighted by molar-refractivity contribution is 5.99. The molecule has 0 aliphatic rings. The Balaban J connectivity index is 2.13. The van der Waals surface area contributed by atoms with Crippen molar-refractivity contribution in [3.63, 3.8) is 0 Å². The van der Waals surface area contributed by atoms with E-state index >= 15 is 0 Å². The first-order valence-electron chi connectivity index (χ1n) is 5.09. The minimum atomic E-state index is -0.230. The lowest BCUT2D eigenvalue weighted by molar-refractivity contribution is 0.0959. The highest BCUT2D eigenvalue weighted by Crippen LogP contribution is 2.12. The average Bonchev–Trinajstić information content (AvgIpc) is 2.94. The molecule has 0 saturated carbocycles. The summed E-state index contributed by atoms with van der Waals surface area (Å²) in [5, 5.41) is 7.53. The van der Waals surface area contributed by atoms with Crippen LogP contribution in [0.3, 0.4) is 0 Å². The number of hydrogen-bond donors (Lipinski definition) is 0. The van der Waals surface area contributed by atoms with Crippen molar-refractivity contribution >= 4 is 16.9 Å². The molecule has 3 aromatic rings. The minimum Gasteiger partial charge on any atom is -0.266 e. The van der Waals surface area contributed by atoms with Crippen LogP contribution in [0.2, 0.25) is 0 Å². The van der Waals surface area contributed by atoms with Crippen molar-refractivity contribution in [2.75, 3.05) is 0 Å². The van der Waals surface area contributed by atoms with Crippen LogP contribution < -0.4 is 0 Å². The molecule has 0 unspecified atom stereocenters.